The number of nitrogens with zero attached hydrogens (tertiary/aromatic N) is 2. The van der Waals surface area contributed by atoms with Gasteiger partial charge in [0.2, 0.25) is 17.7 Å². The number of amides is 3. The molecule has 3 aromatic rings. The van der Waals surface area contributed by atoms with Gasteiger partial charge >= 0.3 is 0 Å². The van der Waals surface area contributed by atoms with E-state index in [2.05, 4.69) is 15.3 Å². The maximum atomic E-state index is 13.5. The van der Waals surface area contributed by atoms with Crippen molar-refractivity contribution in [2.24, 2.45) is 0 Å². The molecule has 1 aromatic heterocycles. The molecule has 1 aliphatic heterocycles. The van der Waals surface area contributed by atoms with E-state index in [4.69, 9.17) is 4.74 Å². The van der Waals surface area contributed by atoms with Crippen molar-refractivity contribution >= 4 is 28.8 Å². The zero-order valence-electron chi connectivity index (χ0n) is 18.2. The first kappa shape index (κ1) is 21.7. The predicted molar refractivity (Wildman–Crippen MR) is 119 cm³/mol. The minimum atomic E-state index is -1.23. The number of rotatable bonds is 8. The lowest BCUT2D eigenvalue weighted by Crippen LogP contribution is -2.43. The van der Waals surface area contributed by atoms with Crippen LogP contribution in [0.4, 0.5) is 0 Å². The number of carbonyl (C=O) groups excluding carboxylic acids is 3. The van der Waals surface area contributed by atoms with Crippen LogP contribution >= 0.6 is 0 Å². The highest BCUT2D eigenvalue weighted by molar-refractivity contribution is 6.11. The first-order valence-corrected chi connectivity index (χ1v) is 10.5. The number of imide groups is 1. The topological polar surface area (TPSA) is 104 Å². The van der Waals surface area contributed by atoms with E-state index in [1.807, 2.05) is 55.5 Å². The van der Waals surface area contributed by atoms with Gasteiger partial charge in [0.05, 0.1) is 36.1 Å². The zero-order valence-corrected chi connectivity index (χ0v) is 18.2. The van der Waals surface area contributed by atoms with Crippen LogP contribution in [0, 0.1) is 6.92 Å². The number of aromatic amines is 1. The number of hydrogen-bond donors (Lipinski definition) is 2. The summed E-state index contributed by atoms with van der Waals surface area (Å²) in [6.45, 7) is 2.51. The highest BCUT2D eigenvalue weighted by Gasteiger charge is 2.54. The molecule has 2 aromatic carbocycles. The number of likely N-dealkylation sites (tertiary alicyclic amines) is 1. The van der Waals surface area contributed by atoms with E-state index >= 15 is 0 Å². The second-order valence-electron chi connectivity index (χ2n) is 8.07. The fraction of sp³-hybridized carbons (Fsp3) is 0.333. The Morgan fingerprint density at radius 2 is 1.94 bits per heavy atom. The smallest absolute Gasteiger partial charge is 0.240 e. The van der Waals surface area contributed by atoms with Crippen molar-refractivity contribution < 1.29 is 19.1 Å². The summed E-state index contributed by atoms with van der Waals surface area (Å²) in [7, 11) is 1.52. The molecule has 1 unspecified atom stereocenters. The summed E-state index contributed by atoms with van der Waals surface area (Å²) in [6, 6.07) is 15.0. The third kappa shape index (κ3) is 4.01. The highest BCUT2D eigenvalue weighted by Crippen LogP contribution is 2.41. The number of nitrogens with one attached hydrogen (secondary N) is 2. The van der Waals surface area contributed by atoms with Crippen LogP contribution in [-0.2, 0) is 31.1 Å². The molecule has 32 heavy (non-hydrogen) atoms. The van der Waals surface area contributed by atoms with E-state index in [-0.39, 0.29) is 50.3 Å². The number of aryl methyl sites for hydroxylation is 1. The van der Waals surface area contributed by atoms with Crippen molar-refractivity contribution in [3.05, 3.63) is 65.5 Å². The molecule has 1 saturated heterocycles. The van der Waals surface area contributed by atoms with Gasteiger partial charge in [0, 0.05) is 20.0 Å². The van der Waals surface area contributed by atoms with Crippen LogP contribution in [0.3, 0.4) is 0 Å². The molecule has 0 saturated carbocycles. The summed E-state index contributed by atoms with van der Waals surface area (Å²) in [5.41, 5.74) is 2.05. The van der Waals surface area contributed by atoms with Gasteiger partial charge in [-0.05, 0) is 30.2 Å². The van der Waals surface area contributed by atoms with Crippen LogP contribution < -0.4 is 5.32 Å². The molecule has 0 spiro atoms. The van der Waals surface area contributed by atoms with Gasteiger partial charge < -0.3 is 15.0 Å². The molecule has 2 heterocycles. The van der Waals surface area contributed by atoms with Crippen molar-refractivity contribution in [3.63, 3.8) is 0 Å². The average Bonchev–Trinajstić information content (AvgIpc) is 3.30. The second kappa shape index (κ2) is 8.92. The molecule has 8 heteroatoms. The van der Waals surface area contributed by atoms with Crippen LogP contribution in [-0.4, -0.2) is 52.9 Å². The Balaban J connectivity index is 1.57. The van der Waals surface area contributed by atoms with E-state index in [1.165, 1.54) is 12.0 Å². The second-order valence-corrected chi connectivity index (χ2v) is 8.07. The van der Waals surface area contributed by atoms with Crippen molar-refractivity contribution in [3.8, 4) is 0 Å². The third-order valence-electron chi connectivity index (χ3n) is 5.94. The van der Waals surface area contributed by atoms with Gasteiger partial charge in [-0.2, -0.15) is 0 Å². The molecular formula is C24H26N4O4. The van der Waals surface area contributed by atoms with Crippen LogP contribution in [0.15, 0.2) is 48.5 Å². The Bertz CT molecular complexity index is 1140. The lowest BCUT2D eigenvalue weighted by molar-refractivity contribution is -0.141. The first-order valence-electron chi connectivity index (χ1n) is 10.5. The minimum absolute atomic E-state index is 0.0432. The third-order valence-corrected chi connectivity index (χ3v) is 5.94. The molecule has 0 aliphatic carbocycles. The zero-order chi connectivity index (χ0) is 22.7. The molecule has 1 aliphatic rings. The van der Waals surface area contributed by atoms with Gasteiger partial charge in [-0.25, -0.2) is 4.98 Å². The molecular weight excluding hydrogens is 408 g/mol. The lowest BCUT2D eigenvalue weighted by Gasteiger charge is -2.28. The fourth-order valence-electron chi connectivity index (χ4n) is 4.37. The van der Waals surface area contributed by atoms with Crippen molar-refractivity contribution in [1.29, 1.82) is 0 Å². The standard InChI is InChI=1S/C24H26N4O4/c1-16-7-3-4-8-17(16)24(14-22(30)28(23(24)31)11-12-32-2)13-21(29)25-15-20-26-18-9-5-6-10-19(18)27-20/h3-10H,11-15H2,1-2H3,(H,25,29)(H,26,27). The number of benzene rings is 2. The average molecular weight is 434 g/mol. The first-order chi connectivity index (χ1) is 15.4. The van der Waals surface area contributed by atoms with Gasteiger partial charge in [-0.3, -0.25) is 19.3 Å². The molecule has 4 rings (SSSR count). The lowest BCUT2D eigenvalue weighted by atomic mass is 9.74. The number of H-pyrrole nitrogens is 1. The molecule has 2 N–H and O–H groups in total. The van der Waals surface area contributed by atoms with Crippen LogP contribution in [0.1, 0.15) is 29.8 Å². The molecule has 3 amide bonds. The van der Waals surface area contributed by atoms with Crippen molar-refractivity contribution in [2.45, 2.75) is 31.7 Å². The summed E-state index contributed by atoms with van der Waals surface area (Å²) >= 11 is 0. The SMILES string of the molecule is COCCN1C(=O)CC(CC(=O)NCc2nc3ccccc3[nH]2)(c2ccccc2C)C1=O. The Morgan fingerprint density at radius 3 is 2.69 bits per heavy atom. The van der Waals surface area contributed by atoms with Gasteiger partial charge in [-0.15, -0.1) is 0 Å². The Morgan fingerprint density at radius 1 is 1.19 bits per heavy atom. The summed E-state index contributed by atoms with van der Waals surface area (Å²) in [4.78, 5) is 48.1. The molecule has 1 atom stereocenters. The number of ether oxygens (including phenoxy) is 1. The van der Waals surface area contributed by atoms with Gasteiger partial charge in [-0.1, -0.05) is 36.4 Å². The largest absolute Gasteiger partial charge is 0.383 e. The number of aromatic nitrogens is 2. The number of imidazole rings is 1. The Kier molecular flexibility index (Phi) is 6.05. The van der Waals surface area contributed by atoms with Crippen LogP contribution in [0.5, 0.6) is 0 Å². The fourth-order valence-corrected chi connectivity index (χ4v) is 4.37. The van der Waals surface area contributed by atoms with E-state index in [1.54, 1.807) is 0 Å². The van der Waals surface area contributed by atoms with Gasteiger partial charge in [0.15, 0.2) is 0 Å². The number of hydrogen-bond acceptors (Lipinski definition) is 5. The number of para-hydroxylation sites is 2. The maximum Gasteiger partial charge on any atom is 0.240 e. The molecule has 166 valence electrons. The summed E-state index contributed by atoms with van der Waals surface area (Å²) in [6.07, 6.45) is -0.162. The van der Waals surface area contributed by atoms with Crippen LogP contribution in [0.25, 0.3) is 11.0 Å². The highest BCUT2D eigenvalue weighted by atomic mass is 16.5. The van der Waals surface area contributed by atoms with Crippen molar-refractivity contribution in [1.82, 2.24) is 20.2 Å². The number of fused-ring (bicyclic) bond motifs is 1. The minimum Gasteiger partial charge on any atom is -0.383 e. The molecule has 0 radical (unpaired) electrons. The Labute approximate surface area is 186 Å². The predicted octanol–water partition coefficient (Wildman–Crippen LogP) is 2.22. The van der Waals surface area contributed by atoms with E-state index in [0.717, 1.165) is 16.6 Å². The van der Waals surface area contributed by atoms with Gasteiger partial charge in [0.25, 0.3) is 0 Å². The maximum absolute atomic E-state index is 13.5. The van der Waals surface area contributed by atoms with E-state index in [0.29, 0.717) is 11.4 Å². The van der Waals surface area contributed by atoms with E-state index in [9.17, 15) is 14.4 Å². The number of methoxy groups -OCH3 is 1. The summed E-state index contributed by atoms with van der Waals surface area (Å²) in [5, 5.41) is 2.85. The Hall–Kier alpha value is -3.52. The summed E-state index contributed by atoms with van der Waals surface area (Å²) in [5.74, 6) is -0.336. The van der Waals surface area contributed by atoms with Gasteiger partial charge in [0.1, 0.15) is 5.82 Å². The molecule has 8 nitrogen and oxygen atoms in total. The monoisotopic (exact) mass is 434 g/mol. The normalized spacial score (nSPS) is 18.5. The van der Waals surface area contributed by atoms with E-state index < -0.39 is 5.41 Å². The summed E-state index contributed by atoms with van der Waals surface area (Å²) < 4.78 is 5.06. The van der Waals surface area contributed by atoms with Crippen molar-refractivity contribution in [2.75, 3.05) is 20.3 Å². The van der Waals surface area contributed by atoms with Crippen LogP contribution in [0.2, 0.25) is 0 Å². The molecule has 0 bridgehead atoms. The molecule has 1 fully saturated rings. The quantitative estimate of drug-likeness (QED) is 0.529. The number of carbonyl (C=O) groups is 3.